The molecular formula is C29H38N2O4. The van der Waals surface area contributed by atoms with E-state index in [1.807, 2.05) is 30.1 Å². The third kappa shape index (κ3) is 5.49. The molecule has 4 unspecified atom stereocenters. The molecule has 2 saturated carbocycles. The number of rotatable bonds is 8. The lowest BCUT2D eigenvalue weighted by Crippen LogP contribution is -2.64. The molecule has 35 heavy (non-hydrogen) atoms. The first-order valence-corrected chi connectivity index (χ1v) is 13.1. The van der Waals surface area contributed by atoms with Crippen molar-refractivity contribution in [2.75, 3.05) is 20.1 Å². The van der Waals surface area contributed by atoms with Gasteiger partial charge in [0.05, 0.1) is 18.1 Å². The van der Waals surface area contributed by atoms with Crippen LogP contribution in [-0.2, 0) is 11.2 Å². The standard InChI is InChI=1S/C29H38N2O4/c1-30(28(33)10-8-23-13-16-35-20-23)25-11-14-29(34)24(18-25)12-15-31(19-22-5-6-22)27(29)9-7-21-3-2-4-26(32)17-21/h2-4,8,10,13,16-17,20,22,24-25,27,32,34H,5-7,9,11-12,14-15,18-19H2,1H3/b10-8+. The Morgan fingerprint density at radius 3 is 2.86 bits per heavy atom. The number of fused-ring (bicyclic) bond motifs is 1. The second-order valence-electron chi connectivity index (χ2n) is 10.9. The molecule has 6 nitrogen and oxygen atoms in total. The quantitative estimate of drug-likeness (QED) is 0.548. The number of phenols is 1. The van der Waals surface area contributed by atoms with Crippen LogP contribution in [0.25, 0.3) is 6.08 Å². The summed E-state index contributed by atoms with van der Waals surface area (Å²) in [6.07, 6.45) is 14.3. The topological polar surface area (TPSA) is 77.2 Å². The normalized spacial score (nSPS) is 29.3. The third-order valence-electron chi connectivity index (χ3n) is 8.59. The second-order valence-corrected chi connectivity index (χ2v) is 10.9. The molecule has 2 N–H and O–H groups in total. The molecule has 6 heteroatoms. The smallest absolute Gasteiger partial charge is 0.246 e. The van der Waals surface area contributed by atoms with E-state index in [0.717, 1.165) is 68.7 Å². The van der Waals surface area contributed by atoms with Gasteiger partial charge in [-0.3, -0.25) is 9.69 Å². The summed E-state index contributed by atoms with van der Waals surface area (Å²) in [5, 5.41) is 22.0. The van der Waals surface area contributed by atoms with Crippen LogP contribution in [0.4, 0.5) is 0 Å². The van der Waals surface area contributed by atoms with E-state index in [9.17, 15) is 15.0 Å². The number of aryl methyl sites for hydroxylation is 1. The number of piperidine rings is 1. The van der Waals surface area contributed by atoms with E-state index in [-0.39, 0.29) is 23.9 Å². The maximum atomic E-state index is 12.8. The number of carbonyl (C=O) groups excluding carboxylic acids is 1. The van der Waals surface area contributed by atoms with Crippen LogP contribution in [0.5, 0.6) is 5.75 Å². The minimum Gasteiger partial charge on any atom is -0.508 e. The Kier molecular flexibility index (Phi) is 7.03. The molecule has 1 aliphatic heterocycles. The zero-order chi connectivity index (χ0) is 24.4. The Labute approximate surface area is 208 Å². The minimum atomic E-state index is -0.725. The van der Waals surface area contributed by atoms with Crippen LogP contribution in [-0.4, -0.2) is 63.7 Å². The number of benzene rings is 1. The van der Waals surface area contributed by atoms with Gasteiger partial charge in [0.25, 0.3) is 0 Å². The van der Waals surface area contributed by atoms with Crippen LogP contribution < -0.4 is 0 Å². The van der Waals surface area contributed by atoms with Gasteiger partial charge in [-0.25, -0.2) is 0 Å². The maximum Gasteiger partial charge on any atom is 0.246 e. The molecule has 4 atom stereocenters. The molecule has 0 radical (unpaired) electrons. The Morgan fingerprint density at radius 1 is 1.26 bits per heavy atom. The van der Waals surface area contributed by atoms with Gasteiger partial charge in [0.15, 0.2) is 0 Å². The Balaban J connectivity index is 1.27. The zero-order valence-corrected chi connectivity index (χ0v) is 20.7. The van der Waals surface area contributed by atoms with Crippen LogP contribution in [0.2, 0.25) is 0 Å². The number of aliphatic hydroxyl groups is 1. The highest BCUT2D eigenvalue weighted by Gasteiger charge is 2.52. The molecule has 0 spiro atoms. The number of hydrogen-bond acceptors (Lipinski definition) is 5. The molecule has 1 aromatic heterocycles. The summed E-state index contributed by atoms with van der Waals surface area (Å²) in [5.74, 6) is 1.26. The maximum absolute atomic E-state index is 12.8. The zero-order valence-electron chi connectivity index (χ0n) is 20.7. The Morgan fingerprint density at radius 2 is 2.11 bits per heavy atom. The number of phenolic OH excluding ortho intramolecular Hbond substituents is 1. The molecule has 1 saturated heterocycles. The summed E-state index contributed by atoms with van der Waals surface area (Å²) < 4.78 is 5.07. The van der Waals surface area contributed by atoms with Crippen molar-refractivity contribution in [3.8, 4) is 5.75 Å². The van der Waals surface area contributed by atoms with E-state index < -0.39 is 5.60 Å². The van der Waals surface area contributed by atoms with E-state index >= 15 is 0 Å². The van der Waals surface area contributed by atoms with Gasteiger partial charge < -0.3 is 19.5 Å². The highest BCUT2D eigenvalue weighted by Crippen LogP contribution is 2.47. The van der Waals surface area contributed by atoms with E-state index in [0.29, 0.717) is 5.75 Å². The number of hydrogen-bond donors (Lipinski definition) is 2. The lowest BCUT2D eigenvalue weighted by Gasteiger charge is -2.56. The molecule has 3 aliphatic rings. The molecule has 2 aliphatic carbocycles. The molecule has 3 fully saturated rings. The average Bonchev–Trinajstić information content (AvgIpc) is 3.51. The van der Waals surface area contributed by atoms with Gasteiger partial charge in [-0.2, -0.15) is 0 Å². The van der Waals surface area contributed by atoms with Gasteiger partial charge in [-0.15, -0.1) is 0 Å². The van der Waals surface area contributed by atoms with Crippen LogP contribution in [0.3, 0.4) is 0 Å². The first-order valence-electron chi connectivity index (χ1n) is 13.1. The van der Waals surface area contributed by atoms with Crippen molar-refractivity contribution in [3.05, 3.63) is 60.1 Å². The van der Waals surface area contributed by atoms with E-state index in [1.54, 1.807) is 30.7 Å². The van der Waals surface area contributed by atoms with Crippen LogP contribution in [0.1, 0.15) is 56.1 Å². The number of likely N-dealkylation sites (N-methyl/N-ethyl adjacent to an activating group) is 1. The van der Waals surface area contributed by atoms with E-state index in [2.05, 4.69) is 11.0 Å². The van der Waals surface area contributed by atoms with Crippen molar-refractivity contribution in [1.29, 1.82) is 0 Å². The Bertz CT molecular complexity index is 1030. The number of aromatic hydroxyl groups is 1. The molecular weight excluding hydrogens is 440 g/mol. The molecule has 0 bridgehead atoms. The lowest BCUT2D eigenvalue weighted by molar-refractivity contribution is -0.157. The van der Waals surface area contributed by atoms with Crippen molar-refractivity contribution in [2.24, 2.45) is 11.8 Å². The van der Waals surface area contributed by atoms with Crippen molar-refractivity contribution < 1.29 is 19.4 Å². The molecule has 2 aromatic rings. The second kappa shape index (κ2) is 10.2. The molecule has 5 rings (SSSR count). The van der Waals surface area contributed by atoms with Gasteiger partial charge in [0.1, 0.15) is 5.75 Å². The molecule has 2 heterocycles. The largest absolute Gasteiger partial charge is 0.508 e. The number of amides is 1. The van der Waals surface area contributed by atoms with Gasteiger partial charge in [-0.1, -0.05) is 12.1 Å². The lowest BCUT2D eigenvalue weighted by atomic mass is 9.64. The van der Waals surface area contributed by atoms with Crippen LogP contribution in [0.15, 0.2) is 53.4 Å². The van der Waals surface area contributed by atoms with Gasteiger partial charge >= 0.3 is 0 Å². The minimum absolute atomic E-state index is 0.00626. The fourth-order valence-corrected chi connectivity index (χ4v) is 6.34. The summed E-state index contributed by atoms with van der Waals surface area (Å²) in [6, 6.07) is 9.58. The number of nitrogens with zero attached hydrogens (tertiary/aromatic N) is 2. The molecule has 1 aromatic carbocycles. The summed E-state index contributed by atoms with van der Waals surface area (Å²) in [7, 11) is 1.89. The predicted molar refractivity (Wildman–Crippen MR) is 136 cm³/mol. The fraction of sp³-hybridized carbons (Fsp3) is 0.552. The number of furan rings is 1. The van der Waals surface area contributed by atoms with Crippen LogP contribution >= 0.6 is 0 Å². The molecule has 188 valence electrons. The van der Waals surface area contributed by atoms with E-state index in [1.165, 1.54) is 12.8 Å². The van der Waals surface area contributed by atoms with Crippen molar-refractivity contribution in [2.45, 2.75) is 69.1 Å². The summed E-state index contributed by atoms with van der Waals surface area (Å²) in [5.41, 5.74) is 1.27. The van der Waals surface area contributed by atoms with Crippen molar-refractivity contribution in [1.82, 2.24) is 9.80 Å². The van der Waals surface area contributed by atoms with Gasteiger partial charge in [0, 0.05) is 37.3 Å². The number of likely N-dealkylation sites (tertiary alicyclic amines) is 1. The van der Waals surface area contributed by atoms with Crippen molar-refractivity contribution >= 4 is 12.0 Å². The van der Waals surface area contributed by atoms with Crippen molar-refractivity contribution in [3.63, 3.8) is 0 Å². The molecule has 1 amide bonds. The van der Waals surface area contributed by atoms with Gasteiger partial charge in [-0.05, 0) is 99.6 Å². The van der Waals surface area contributed by atoms with Gasteiger partial charge in [0.2, 0.25) is 5.91 Å². The van der Waals surface area contributed by atoms with Crippen LogP contribution in [0, 0.1) is 11.8 Å². The SMILES string of the molecule is CN(C(=O)/C=C/c1ccoc1)C1CCC2(O)C(CCN(CC3CC3)C2CCc2cccc(O)c2)C1. The predicted octanol–water partition coefficient (Wildman–Crippen LogP) is 4.47. The summed E-state index contributed by atoms with van der Waals surface area (Å²) >= 11 is 0. The highest BCUT2D eigenvalue weighted by atomic mass is 16.3. The Hall–Kier alpha value is -2.57. The average molecular weight is 479 g/mol. The first kappa shape index (κ1) is 24.1. The summed E-state index contributed by atoms with van der Waals surface area (Å²) in [4.78, 5) is 17.2. The summed E-state index contributed by atoms with van der Waals surface area (Å²) in [6.45, 7) is 2.10. The fourth-order valence-electron chi connectivity index (χ4n) is 6.34. The first-order chi connectivity index (χ1) is 16.9. The number of carbonyl (C=O) groups is 1. The third-order valence-corrected chi connectivity index (χ3v) is 8.59. The monoisotopic (exact) mass is 478 g/mol. The highest BCUT2D eigenvalue weighted by molar-refractivity contribution is 5.91. The van der Waals surface area contributed by atoms with E-state index in [4.69, 9.17) is 4.42 Å².